The molecule has 5 heteroatoms. The van der Waals surface area contributed by atoms with Crippen LogP contribution in [0.1, 0.15) is 55.8 Å². The number of hydrogen-bond donors (Lipinski definition) is 1. The van der Waals surface area contributed by atoms with Crippen molar-refractivity contribution in [3.63, 3.8) is 0 Å². The first-order valence-electron chi connectivity index (χ1n) is 9.32. The fraction of sp³-hybridized carbons (Fsp3) is 0.429. The molecule has 138 valence electrons. The predicted octanol–water partition coefficient (Wildman–Crippen LogP) is 4.83. The molecule has 0 amide bonds. The van der Waals surface area contributed by atoms with Crippen molar-refractivity contribution in [1.29, 1.82) is 0 Å². The van der Waals surface area contributed by atoms with Crippen LogP contribution in [0.25, 0.3) is 11.1 Å². The summed E-state index contributed by atoms with van der Waals surface area (Å²) in [6.07, 6.45) is 9.65. The summed E-state index contributed by atoms with van der Waals surface area (Å²) >= 11 is 0. The van der Waals surface area contributed by atoms with Crippen LogP contribution >= 0.6 is 0 Å². The van der Waals surface area contributed by atoms with E-state index in [1.807, 2.05) is 24.4 Å². The molecule has 0 aliphatic heterocycles. The lowest BCUT2D eigenvalue weighted by Crippen LogP contribution is -2.18. The highest BCUT2D eigenvalue weighted by atomic mass is 16.4. The summed E-state index contributed by atoms with van der Waals surface area (Å²) in [5, 5.41) is 3.51. The molecule has 1 fully saturated rings. The molecule has 1 aliphatic rings. The van der Waals surface area contributed by atoms with Gasteiger partial charge in [0, 0.05) is 6.20 Å². The largest absolute Gasteiger partial charge is 0.424 e. The van der Waals surface area contributed by atoms with Crippen molar-refractivity contribution in [2.24, 2.45) is 5.92 Å². The van der Waals surface area contributed by atoms with Crippen LogP contribution < -0.4 is 5.32 Å². The lowest BCUT2D eigenvalue weighted by Gasteiger charge is -2.26. The van der Waals surface area contributed by atoms with Crippen LogP contribution in [0.5, 0.6) is 0 Å². The molecule has 3 aromatic rings. The van der Waals surface area contributed by atoms with Gasteiger partial charge in [0.15, 0.2) is 5.58 Å². The van der Waals surface area contributed by atoms with Gasteiger partial charge in [-0.1, -0.05) is 44.2 Å². The van der Waals surface area contributed by atoms with Gasteiger partial charge in [0.2, 0.25) is 0 Å². The maximum absolute atomic E-state index is 5.91. The number of rotatable bonds is 5. The molecule has 1 atom stereocenters. The number of pyridine rings is 1. The Morgan fingerprint density at radius 2 is 2.00 bits per heavy atom. The van der Waals surface area contributed by atoms with Crippen LogP contribution in [-0.4, -0.2) is 15.4 Å². The maximum Gasteiger partial charge on any atom is 0.296 e. The lowest BCUT2D eigenvalue weighted by molar-refractivity contribution is 0.322. The standard InChI is InChI=1S/C21H25N3O.H2O/c1-15-10-11-20-19(13-15)24-21(25-20)23-18(17-9-5-6-12-22-17)14-16-7-3-2-4-8-16;/h5-6,9-13,16,18H,2-4,7-8,14H2,1H3,(H,23,24);1H2/t18-;/m0./s1. The van der Waals surface area contributed by atoms with Crippen LogP contribution in [0.2, 0.25) is 0 Å². The van der Waals surface area contributed by atoms with Crippen LogP contribution in [0.15, 0.2) is 47.0 Å². The molecular weight excluding hydrogens is 326 g/mol. The summed E-state index contributed by atoms with van der Waals surface area (Å²) in [7, 11) is 0. The Morgan fingerprint density at radius 1 is 1.15 bits per heavy atom. The Bertz CT molecular complexity index is 826. The zero-order chi connectivity index (χ0) is 17.1. The van der Waals surface area contributed by atoms with Crippen molar-refractivity contribution in [2.75, 3.05) is 5.32 Å². The van der Waals surface area contributed by atoms with Gasteiger partial charge in [0.25, 0.3) is 6.01 Å². The number of hydrogen-bond acceptors (Lipinski definition) is 4. The molecule has 1 saturated carbocycles. The van der Waals surface area contributed by atoms with Gasteiger partial charge in [-0.2, -0.15) is 4.98 Å². The number of oxazole rings is 1. The van der Waals surface area contributed by atoms with Crippen molar-refractivity contribution < 1.29 is 9.89 Å². The van der Waals surface area contributed by atoms with Gasteiger partial charge in [-0.3, -0.25) is 4.98 Å². The number of aromatic nitrogens is 2. The lowest BCUT2D eigenvalue weighted by atomic mass is 9.84. The molecular formula is C21H27N3O2. The van der Waals surface area contributed by atoms with Crippen molar-refractivity contribution in [1.82, 2.24) is 9.97 Å². The van der Waals surface area contributed by atoms with E-state index in [0.29, 0.717) is 6.01 Å². The highest BCUT2D eigenvalue weighted by Gasteiger charge is 2.22. The first-order valence-corrected chi connectivity index (χ1v) is 9.32. The third kappa shape index (κ3) is 4.22. The predicted molar refractivity (Wildman–Crippen MR) is 104 cm³/mol. The van der Waals surface area contributed by atoms with Crippen LogP contribution in [0.3, 0.4) is 0 Å². The molecule has 1 aliphatic carbocycles. The van der Waals surface area contributed by atoms with E-state index in [-0.39, 0.29) is 11.5 Å². The second-order valence-corrected chi connectivity index (χ2v) is 7.18. The van der Waals surface area contributed by atoms with Gasteiger partial charge in [-0.05, 0) is 49.1 Å². The fourth-order valence-electron chi connectivity index (χ4n) is 3.84. The van der Waals surface area contributed by atoms with E-state index >= 15 is 0 Å². The first kappa shape index (κ1) is 18.4. The summed E-state index contributed by atoms with van der Waals surface area (Å²) in [6.45, 7) is 2.07. The van der Waals surface area contributed by atoms with Gasteiger partial charge in [-0.25, -0.2) is 0 Å². The van der Waals surface area contributed by atoms with E-state index in [2.05, 4.69) is 40.4 Å². The fourth-order valence-corrected chi connectivity index (χ4v) is 3.84. The van der Waals surface area contributed by atoms with E-state index in [1.54, 1.807) is 0 Å². The highest BCUT2D eigenvalue weighted by molar-refractivity contribution is 5.75. The van der Waals surface area contributed by atoms with Crippen LogP contribution in [0, 0.1) is 12.8 Å². The minimum atomic E-state index is 0. The van der Waals surface area contributed by atoms with Gasteiger partial charge in [-0.15, -0.1) is 0 Å². The molecule has 4 rings (SSSR count). The third-order valence-electron chi connectivity index (χ3n) is 5.18. The average molecular weight is 353 g/mol. The highest BCUT2D eigenvalue weighted by Crippen LogP contribution is 2.33. The smallest absolute Gasteiger partial charge is 0.296 e. The number of anilines is 1. The van der Waals surface area contributed by atoms with E-state index in [9.17, 15) is 0 Å². The topological polar surface area (TPSA) is 82.5 Å². The molecule has 5 nitrogen and oxygen atoms in total. The maximum atomic E-state index is 5.91. The van der Waals surface area contributed by atoms with Gasteiger partial charge < -0.3 is 15.2 Å². The van der Waals surface area contributed by atoms with Crippen molar-refractivity contribution in [3.8, 4) is 0 Å². The first-order chi connectivity index (χ1) is 12.3. The Kier molecular flexibility index (Phi) is 5.89. The van der Waals surface area contributed by atoms with Crippen molar-refractivity contribution in [3.05, 3.63) is 53.9 Å². The average Bonchev–Trinajstić information content (AvgIpc) is 3.04. The third-order valence-corrected chi connectivity index (χ3v) is 5.18. The molecule has 3 N–H and O–H groups in total. The molecule has 2 heterocycles. The van der Waals surface area contributed by atoms with Crippen molar-refractivity contribution >= 4 is 17.1 Å². The van der Waals surface area contributed by atoms with E-state index < -0.39 is 0 Å². The zero-order valence-corrected chi connectivity index (χ0v) is 15.2. The normalized spacial score (nSPS) is 16.2. The SMILES string of the molecule is Cc1ccc2oc(N[C@@H](CC3CCCCC3)c3ccccn3)nc2c1.O. The molecule has 0 radical (unpaired) electrons. The summed E-state index contributed by atoms with van der Waals surface area (Å²) in [5.41, 5.74) is 3.98. The van der Waals surface area contributed by atoms with Crippen molar-refractivity contribution in [2.45, 2.75) is 51.5 Å². The van der Waals surface area contributed by atoms with E-state index in [1.165, 1.54) is 37.7 Å². The molecule has 2 aromatic heterocycles. The molecule has 1 aromatic carbocycles. The second kappa shape index (κ2) is 8.32. The number of fused-ring (bicyclic) bond motifs is 1. The van der Waals surface area contributed by atoms with Gasteiger partial charge >= 0.3 is 0 Å². The Labute approximate surface area is 154 Å². The van der Waals surface area contributed by atoms with E-state index in [0.717, 1.165) is 29.1 Å². The molecule has 0 bridgehead atoms. The van der Waals surface area contributed by atoms with Crippen LogP contribution in [0.4, 0.5) is 6.01 Å². The molecule has 0 saturated heterocycles. The summed E-state index contributed by atoms with van der Waals surface area (Å²) in [5.74, 6) is 0.750. The van der Waals surface area contributed by atoms with Gasteiger partial charge in [0.1, 0.15) is 5.52 Å². The Balaban J connectivity index is 0.00000196. The summed E-state index contributed by atoms with van der Waals surface area (Å²) < 4.78 is 5.91. The zero-order valence-electron chi connectivity index (χ0n) is 15.2. The minimum absolute atomic E-state index is 0. The second-order valence-electron chi connectivity index (χ2n) is 7.18. The molecule has 0 unspecified atom stereocenters. The number of nitrogens with one attached hydrogen (secondary N) is 1. The number of benzene rings is 1. The number of nitrogens with zero attached hydrogens (tertiary/aromatic N) is 2. The quantitative estimate of drug-likeness (QED) is 0.712. The summed E-state index contributed by atoms with van der Waals surface area (Å²) in [4.78, 5) is 9.20. The Morgan fingerprint density at radius 3 is 2.77 bits per heavy atom. The summed E-state index contributed by atoms with van der Waals surface area (Å²) in [6, 6.07) is 12.9. The number of aryl methyl sites for hydroxylation is 1. The Hall–Kier alpha value is -2.40. The van der Waals surface area contributed by atoms with E-state index in [4.69, 9.17) is 4.42 Å². The van der Waals surface area contributed by atoms with Gasteiger partial charge in [0.05, 0.1) is 11.7 Å². The monoisotopic (exact) mass is 353 g/mol. The minimum Gasteiger partial charge on any atom is -0.424 e. The molecule has 26 heavy (non-hydrogen) atoms. The molecule has 0 spiro atoms. The van der Waals surface area contributed by atoms with Crippen LogP contribution in [-0.2, 0) is 0 Å².